The summed E-state index contributed by atoms with van der Waals surface area (Å²) in [5.74, 6) is -1.50. The molecule has 0 radical (unpaired) electrons. The third-order valence-electron chi connectivity index (χ3n) is 4.09. The molecule has 8 heteroatoms. The number of carboxylic acid groups (broad SMARTS) is 1. The minimum Gasteiger partial charge on any atom is -0.480 e. The van der Waals surface area contributed by atoms with Crippen LogP contribution in [-0.4, -0.2) is 50.6 Å². The van der Waals surface area contributed by atoms with E-state index in [2.05, 4.69) is 20.9 Å². The number of amides is 1. The molecule has 1 aliphatic heterocycles. The Kier molecular flexibility index (Phi) is 2.97. The van der Waals surface area contributed by atoms with Crippen molar-refractivity contribution in [1.82, 2.24) is 25.6 Å². The molecule has 1 aliphatic carbocycles. The van der Waals surface area contributed by atoms with Crippen LogP contribution in [0.5, 0.6) is 0 Å². The molecule has 1 atom stereocenters. The van der Waals surface area contributed by atoms with E-state index >= 15 is 0 Å². The van der Waals surface area contributed by atoms with Gasteiger partial charge in [0.05, 0.1) is 12.2 Å². The summed E-state index contributed by atoms with van der Waals surface area (Å²) in [6, 6.07) is 0.221. The Morgan fingerprint density at radius 2 is 2.20 bits per heavy atom. The van der Waals surface area contributed by atoms with Crippen LogP contribution in [0.4, 0.5) is 0 Å². The molecule has 3 rings (SSSR count). The molecule has 1 saturated carbocycles. The molecule has 108 valence electrons. The van der Waals surface area contributed by atoms with Gasteiger partial charge >= 0.3 is 5.97 Å². The molecule has 3 N–H and O–H groups in total. The lowest BCUT2D eigenvalue weighted by molar-refractivity contribution is -0.144. The quantitative estimate of drug-likeness (QED) is 0.664. The number of nitrogens with one attached hydrogen (secondary N) is 2. The highest BCUT2D eigenvalue weighted by atomic mass is 16.4. The molecule has 1 amide bonds. The molecule has 1 saturated heterocycles. The highest BCUT2D eigenvalue weighted by Crippen LogP contribution is 2.39. The van der Waals surface area contributed by atoms with Gasteiger partial charge in [-0.05, 0) is 25.7 Å². The van der Waals surface area contributed by atoms with Crippen LogP contribution < -0.4 is 10.6 Å². The minimum absolute atomic E-state index is 0.00479. The molecular formula is C12H17N5O3. The van der Waals surface area contributed by atoms with Gasteiger partial charge in [-0.1, -0.05) is 5.21 Å². The van der Waals surface area contributed by atoms with Crippen molar-refractivity contribution in [2.75, 3.05) is 13.1 Å². The Morgan fingerprint density at radius 3 is 2.70 bits per heavy atom. The molecule has 2 fully saturated rings. The van der Waals surface area contributed by atoms with Gasteiger partial charge < -0.3 is 15.7 Å². The minimum atomic E-state index is -1.22. The zero-order valence-corrected chi connectivity index (χ0v) is 11.2. The maximum absolute atomic E-state index is 12.1. The highest BCUT2D eigenvalue weighted by Gasteiger charge is 2.48. The second-order valence-corrected chi connectivity index (χ2v) is 5.63. The van der Waals surface area contributed by atoms with Crippen LogP contribution in [0.2, 0.25) is 0 Å². The third-order valence-corrected chi connectivity index (χ3v) is 4.09. The second kappa shape index (κ2) is 4.55. The number of carbonyl (C=O) groups is 2. The molecule has 8 nitrogen and oxygen atoms in total. The SMILES string of the molecule is CC(NC(=O)c1cn(C2CNC2)nn1)(C(=O)O)C1CC1. The lowest BCUT2D eigenvalue weighted by Crippen LogP contribution is -2.54. The van der Waals surface area contributed by atoms with Gasteiger partial charge in [-0.15, -0.1) is 5.10 Å². The highest BCUT2D eigenvalue weighted by molar-refractivity contribution is 5.96. The van der Waals surface area contributed by atoms with E-state index in [1.165, 1.54) is 0 Å². The fraction of sp³-hybridized carbons (Fsp3) is 0.667. The summed E-state index contributed by atoms with van der Waals surface area (Å²) in [4.78, 5) is 23.5. The maximum atomic E-state index is 12.1. The molecule has 1 aromatic heterocycles. The van der Waals surface area contributed by atoms with Crippen molar-refractivity contribution in [3.63, 3.8) is 0 Å². The molecule has 0 spiro atoms. The predicted molar refractivity (Wildman–Crippen MR) is 68.2 cm³/mol. The number of rotatable bonds is 5. The number of hydrogen-bond acceptors (Lipinski definition) is 5. The normalized spacial score (nSPS) is 21.9. The van der Waals surface area contributed by atoms with Crippen LogP contribution in [0.15, 0.2) is 6.20 Å². The number of carbonyl (C=O) groups excluding carboxylic acids is 1. The van der Waals surface area contributed by atoms with Crippen molar-refractivity contribution in [2.45, 2.75) is 31.3 Å². The fourth-order valence-corrected chi connectivity index (χ4v) is 2.31. The van der Waals surface area contributed by atoms with E-state index in [1.807, 2.05) is 0 Å². The topological polar surface area (TPSA) is 109 Å². The molecule has 2 heterocycles. The van der Waals surface area contributed by atoms with E-state index in [0.717, 1.165) is 25.9 Å². The fourth-order valence-electron chi connectivity index (χ4n) is 2.31. The first-order chi connectivity index (χ1) is 9.50. The van der Waals surface area contributed by atoms with E-state index < -0.39 is 17.4 Å². The average Bonchev–Trinajstić information content (AvgIpc) is 3.08. The molecule has 2 aliphatic rings. The van der Waals surface area contributed by atoms with Gasteiger partial charge in [-0.25, -0.2) is 9.48 Å². The number of aromatic nitrogens is 3. The Balaban J connectivity index is 1.71. The molecule has 0 aromatic carbocycles. The van der Waals surface area contributed by atoms with E-state index in [4.69, 9.17) is 0 Å². The average molecular weight is 279 g/mol. The third kappa shape index (κ3) is 2.15. The summed E-state index contributed by atoms with van der Waals surface area (Å²) in [6.45, 7) is 3.16. The van der Waals surface area contributed by atoms with Crippen molar-refractivity contribution in [3.05, 3.63) is 11.9 Å². The zero-order valence-electron chi connectivity index (χ0n) is 11.2. The van der Waals surface area contributed by atoms with Crippen LogP contribution in [0.1, 0.15) is 36.3 Å². The summed E-state index contributed by atoms with van der Waals surface area (Å²) in [7, 11) is 0. The first-order valence-corrected chi connectivity index (χ1v) is 6.69. The van der Waals surface area contributed by atoms with Crippen LogP contribution in [0, 0.1) is 5.92 Å². The van der Waals surface area contributed by atoms with Crippen molar-refractivity contribution in [3.8, 4) is 0 Å². The number of hydrogen-bond donors (Lipinski definition) is 3. The Labute approximate surface area is 115 Å². The zero-order chi connectivity index (χ0) is 14.3. The van der Waals surface area contributed by atoms with Crippen molar-refractivity contribution < 1.29 is 14.7 Å². The summed E-state index contributed by atoms with van der Waals surface area (Å²) < 4.78 is 1.64. The van der Waals surface area contributed by atoms with E-state index in [9.17, 15) is 14.7 Å². The van der Waals surface area contributed by atoms with Crippen molar-refractivity contribution >= 4 is 11.9 Å². The van der Waals surface area contributed by atoms with Gasteiger partial charge in [0.15, 0.2) is 5.69 Å². The summed E-state index contributed by atoms with van der Waals surface area (Å²) in [5, 5.41) is 22.7. The van der Waals surface area contributed by atoms with E-state index in [0.29, 0.717) is 0 Å². The lowest BCUT2D eigenvalue weighted by Gasteiger charge is -2.26. The van der Waals surface area contributed by atoms with Gasteiger partial charge in [0.25, 0.3) is 5.91 Å². The predicted octanol–water partition coefficient (Wildman–Crippen LogP) is -0.594. The van der Waals surface area contributed by atoms with E-state index in [1.54, 1.807) is 17.8 Å². The monoisotopic (exact) mass is 279 g/mol. The van der Waals surface area contributed by atoms with Gasteiger partial charge in [-0.2, -0.15) is 0 Å². The number of carboxylic acids is 1. The van der Waals surface area contributed by atoms with Gasteiger partial charge in [-0.3, -0.25) is 4.79 Å². The van der Waals surface area contributed by atoms with Crippen LogP contribution in [0.3, 0.4) is 0 Å². The Bertz CT molecular complexity index is 549. The van der Waals surface area contributed by atoms with Gasteiger partial charge in [0.1, 0.15) is 5.54 Å². The van der Waals surface area contributed by atoms with E-state index in [-0.39, 0.29) is 17.7 Å². The first kappa shape index (κ1) is 13.0. The maximum Gasteiger partial charge on any atom is 0.329 e. The standard InChI is InChI=1S/C12H17N5O3/c1-12(11(19)20,7-2-3-7)14-10(18)9-6-17(16-15-9)8-4-13-5-8/h6-8,13H,2-5H2,1H3,(H,14,18)(H,19,20). The smallest absolute Gasteiger partial charge is 0.329 e. The molecule has 20 heavy (non-hydrogen) atoms. The van der Waals surface area contributed by atoms with Crippen LogP contribution in [-0.2, 0) is 4.79 Å². The first-order valence-electron chi connectivity index (χ1n) is 6.69. The number of nitrogens with zero attached hydrogens (tertiary/aromatic N) is 3. The lowest BCUT2D eigenvalue weighted by atomic mass is 9.96. The largest absolute Gasteiger partial charge is 0.480 e. The Morgan fingerprint density at radius 1 is 1.50 bits per heavy atom. The summed E-state index contributed by atoms with van der Waals surface area (Å²) >= 11 is 0. The summed E-state index contributed by atoms with van der Waals surface area (Å²) in [6.07, 6.45) is 3.21. The molecule has 1 unspecified atom stereocenters. The van der Waals surface area contributed by atoms with Crippen LogP contribution in [0.25, 0.3) is 0 Å². The number of aliphatic carboxylic acids is 1. The Hall–Kier alpha value is -1.96. The molecule has 0 bridgehead atoms. The molecular weight excluding hydrogens is 262 g/mol. The second-order valence-electron chi connectivity index (χ2n) is 5.63. The van der Waals surface area contributed by atoms with Crippen molar-refractivity contribution in [1.29, 1.82) is 0 Å². The summed E-state index contributed by atoms with van der Waals surface area (Å²) in [5.41, 5.74) is -1.07. The van der Waals surface area contributed by atoms with Crippen molar-refractivity contribution in [2.24, 2.45) is 5.92 Å². The van der Waals surface area contributed by atoms with Gasteiger partial charge in [0.2, 0.25) is 0 Å². The molecule has 1 aromatic rings. The van der Waals surface area contributed by atoms with Gasteiger partial charge in [0, 0.05) is 13.1 Å². The van der Waals surface area contributed by atoms with Crippen LogP contribution >= 0.6 is 0 Å².